The molecule has 7 nitrogen and oxygen atoms in total. The SMILES string of the molecule is COc1ccc(CCN2C(=O)N(C)C(=O)C23CCN(Cc2cccc(Oc4ccccc4)c2)CC3)cc1. The van der Waals surface area contributed by atoms with Gasteiger partial charge in [0.1, 0.15) is 22.8 Å². The Labute approximate surface area is 218 Å². The quantitative estimate of drug-likeness (QED) is 0.410. The lowest BCUT2D eigenvalue weighted by molar-refractivity contribution is -0.134. The highest BCUT2D eigenvalue weighted by atomic mass is 16.5. The first-order valence-corrected chi connectivity index (χ1v) is 12.8. The summed E-state index contributed by atoms with van der Waals surface area (Å²) in [5, 5.41) is 0. The predicted octanol–water partition coefficient (Wildman–Crippen LogP) is 4.96. The van der Waals surface area contributed by atoms with Gasteiger partial charge in [-0.1, -0.05) is 42.5 Å². The number of rotatable bonds is 8. The van der Waals surface area contributed by atoms with E-state index >= 15 is 0 Å². The lowest BCUT2D eigenvalue weighted by Gasteiger charge is -2.42. The minimum atomic E-state index is -0.757. The number of carbonyl (C=O) groups excluding carboxylic acids is 2. The molecule has 0 atom stereocenters. The van der Waals surface area contributed by atoms with E-state index in [1.807, 2.05) is 71.6 Å². The van der Waals surface area contributed by atoms with Crippen LogP contribution in [0.15, 0.2) is 78.9 Å². The number of hydrogen-bond donors (Lipinski definition) is 0. The molecule has 2 aliphatic rings. The van der Waals surface area contributed by atoms with Crippen LogP contribution in [0, 0.1) is 0 Å². The van der Waals surface area contributed by atoms with Crippen LogP contribution in [0.25, 0.3) is 0 Å². The molecule has 0 saturated carbocycles. The number of carbonyl (C=O) groups is 2. The third-order valence-electron chi connectivity index (χ3n) is 7.49. The summed E-state index contributed by atoms with van der Waals surface area (Å²) >= 11 is 0. The van der Waals surface area contributed by atoms with Gasteiger partial charge in [-0.25, -0.2) is 4.79 Å². The molecule has 0 N–H and O–H groups in total. The number of imide groups is 1. The summed E-state index contributed by atoms with van der Waals surface area (Å²) in [5.74, 6) is 2.34. The van der Waals surface area contributed by atoms with Gasteiger partial charge >= 0.3 is 6.03 Å². The Bertz CT molecular complexity index is 1240. The van der Waals surface area contributed by atoms with E-state index in [0.29, 0.717) is 25.8 Å². The van der Waals surface area contributed by atoms with Crippen molar-refractivity contribution in [2.24, 2.45) is 0 Å². The van der Waals surface area contributed by atoms with Crippen LogP contribution < -0.4 is 9.47 Å². The van der Waals surface area contributed by atoms with Gasteiger partial charge in [0, 0.05) is 33.2 Å². The fourth-order valence-corrected chi connectivity index (χ4v) is 5.38. The fraction of sp³-hybridized carbons (Fsp3) is 0.333. The summed E-state index contributed by atoms with van der Waals surface area (Å²) in [6, 6.07) is 25.6. The highest BCUT2D eigenvalue weighted by molar-refractivity contribution is 6.06. The molecule has 192 valence electrons. The van der Waals surface area contributed by atoms with Gasteiger partial charge in [0.25, 0.3) is 5.91 Å². The summed E-state index contributed by atoms with van der Waals surface area (Å²) in [4.78, 5) is 31.8. The maximum Gasteiger partial charge on any atom is 0.327 e. The lowest BCUT2D eigenvalue weighted by atomic mass is 9.85. The molecule has 3 aromatic carbocycles. The standard InChI is InChI=1S/C30H33N3O4/c1-31-28(34)30(33(29(31)35)18-15-23-11-13-25(36-2)14-12-23)16-19-32(20-17-30)22-24-7-6-10-27(21-24)37-26-8-4-3-5-9-26/h3-14,21H,15-20,22H2,1-2H3. The molecular formula is C30H33N3O4. The molecule has 2 fully saturated rings. The molecule has 1 spiro atoms. The van der Waals surface area contributed by atoms with Crippen molar-refractivity contribution in [2.75, 3.05) is 33.8 Å². The molecule has 3 aromatic rings. The predicted molar refractivity (Wildman–Crippen MR) is 142 cm³/mol. The number of amides is 3. The average Bonchev–Trinajstić information content (AvgIpc) is 3.10. The first-order valence-electron chi connectivity index (χ1n) is 12.8. The Morgan fingerprint density at radius 3 is 2.22 bits per heavy atom. The van der Waals surface area contributed by atoms with E-state index in [9.17, 15) is 9.59 Å². The number of piperidine rings is 1. The van der Waals surface area contributed by atoms with Gasteiger partial charge in [-0.3, -0.25) is 14.6 Å². The molecule has 2 aliphatic heterocycles. The highest BCUT2D eigenvalue weighted by Gasteiger charge is 2.56. The van der Waals surface area contributed by atoms with E-state index in [2.05, 4.69) is 17.0 Å². The van der Waals surface area contributed by atoms with Crippen LogP contribution in [-0.2, 0) is 17.8 Å². The number of nitrogens with zero attached hydrogens (tertiary/aromatic N) is 3. The minimum Gasteiger partial charge on any atom is -0.497 e. The van der Waals surface area contributed by atoms with E-state index in [-0.39, 0.29) is 11.9 Å². The zero-order valence-electron chi connectivity index (χ0n) is 21.4. The number of ether oxygens (including phenoxy) is 2. The molecule has 0 radical (unpaired) electrons. The number of hydrogen-bond acceptors (Lipinski definition) is 5. The van der Waals surface area contributed by atoms with Crippen molar-refractivity contribution in [2.45, 2.75) is 31.3 Å². The van der Waals surface area contributed by atoms with E-state index in [0.717, 1.165) is 48.0 Å². The summed E-state index contributed by atoms with van der Waals surface area (Å²) in [7, 11) is 3.25. The maximum absolute atomic E-state index is 13.3. The van der Waals surface area contributed by atoms with Crippen molar-refractivity contribution in [3.63, 3.8) is 0 Å². The average molecular weight is 500 g/mol. The van der Waals surface area contributed by atoms with Crippen molar-refractivity contribution in [3.8, 4) is 17.2 Å². The van der Waals surface area contributed by atoms with Crippen LogP contribution in [0.2, 0.25) is 0 Å². The van der Waals surface area contributed by atoms with E-state index in [1.54, 1.807) is 14.2 Å². The third kappa shape index (κ3) is 5.18. The van der Waals surface area contributed by atoms with Crippen LogP contribution >= 0.6 is 0 Å². The second kappa shape index (κ2) is 10.6. The smallest absolute Gasteiger partial charge is 0.327 e. The Balaban J connectivity index is 1.23. The second-order valence-corrected chi connectivity index (χ2v) is 9.77. The van der Waals surface area contributed by atoms with Gasteiger partial charge in [-0.15, -0.1) is 0 Å². The minimum absolute atomic E-state index is 0.0786. The second-order valence-electron chi connectivity index (χ2n) is 9.77. The molecule has 2 heterocycles. The molecule has 7 heteroatoms. The Morgan fingerprint density at radius 2 is 1.51 bits per heavy atom. The van der Waals surface area contributed by atoms with Crippen LogP contribution in [0.4, 0.5) is 4.79 Å². The highest BCUT2D eigenvalue weighted by Crippen LogP contribution is 2.37. The fourth-order valence-electron chi connectivity index (χ4n) is 5.38. The molecular weight excluding hydrogens is 466 g/mol. The molecule has 3 amide bonds. The third-order valence-corrected chi connectivity index (χ3v) is 7.49. The van der Waals surface area contributed by atoms with Crippen LogP contribution in [-0.4, -0.2) is 66.0 Å². The Morgan fingerprint density at radius 1 is 0.811 bits per heavy atom. The van der Waals surface area contributed by atoms with Gasteiger partial charge in [0.15, 0.2) is 0 Å². The van der Waals surface area contributed by atoms with E-state index in [4.69, 9.17) is 9.47 Å². The van der Waals surface area contributed by atoms with E-state index < -0.39 is 5.54 Å². The van der Waals surface area contributed by atoms with Gasteiger partial charge < -0.3 is 14.4 Å². The van der Waals surface area contributed by atoms with E-state index in [1.165, 1.54) is 4.90 Å². The largest absolute Gasteiger partial charge is 0.497 e. The van der Waals surface area contributed by atoms with Crippen molar-refractivity contribution < 1.29 is 19.1 Å². The monoisotopic (exact) mass is 499 g/mol. The zero-order chi connectivity index (χ0) is 25.8. The molecule has 0 bridgehead atoms. The number of para-hydroxylation sites is 1. The molecule has 37 heavy (non-hydrogen) atoms. The van der Waals surface area contributed by atoms with Gasteiger partial charge in [0.2, 0.25) is 0 Å². The summed E-state index contributed by atoms with van der Waals surface area (Å²) in [5.41, 5.74) is 1.51. The van der Waals surface area contributed by atoms with Crippen LogP contribution in [0.1, 0.15) is 24.0 Å². The first-order chi connectivity index (χ1) is 18.0. The van der Waals surface area contributed by atoms with Crippen LogP contribution in [0.5, 0.6) is 17.2 Å². The first kappa shape index (κ1) is 24.8. The molecule has 0 aliphatic carbocycles. The van der Waals surface area contributed by atoms with Crippen LogP contribution in [0.3, 0.4) is 0 Å². The molecule has 5 rings (SSSR count). The molecule has 2 saturated heterocycles. The van der Waals surface area contributed by atoms with Crippen molar-refractivity contribution in [1.29, 1.82) is 0 Å². The molecule has 0 unspecified atom stereocenters. The maximum atomic E-state index is 13.3. The Hall–Kier alpha value is -3.84. The van der Waals surface area contributed by atoms with Crippen molar-refractivity contribution >= 4 is 11.9 Å². The normalized spacial score (nSPS) is 17.5. The lowest BCUT2D eigenvalue weighted by Crippen LogP contribution is -2.56. The summed E-state index contributed by atoms with van der Waals surface area (Å²) in [6.07, 6.45) is 1.95. The number of likely N-dealkylation sites (N-methyl/N-ethyl adjacent to an activating group) is 1. The zero-order valence-corrected chi connectivity index (χ0v) is 21.4. The molecule has 0 aromatic heterocycles. The Kier molecular flexibility index (Phi) is 7.15. The number of urea groups is 1. The number of methoxy groups -OCH3 is 1. The summed E-state index contributed by atoms with van der Waals surface area (Å²) < 4.78 is 11.2. The summed E-state index contributed by atoms with van der Waals surface area (Å²) in [6.45, 7) is 2.78. The topological polar surface area (TPSA) is 62.3 Å². The van der Waals surface area contributed by atoms with Crippen molar-refractivity contribution in [3.05, 3.63) is 90.0 Å². The number of likely N-dealkylation sites (tertiary alicyclic amines) is 1. The van der Waals surface area contributed by atoms with Gasteiger partial charge in [-0.2, -0.15) is 0 Å². The van der Waals surface area contributed by atoms with Crippen molar-refractivity contribution in [1.82, 2.24) is 14.7 Å². The number of benzene rings is 3. The van der Waals surface area contributed by atoms with Gasteiger partial charge in [-0.05, 0) is 66.8 Å². The van der Waals surface area contributed by atoms with Gasteiger partial charge in [0.05, 0.1) is 7.11 Å².